The maximum atomic E-state index is 9.09. The van der Waals surface area contributed by atoms with Gasteiger partial charge in [0.05, 0.1) is 0 Å². The van der Waals surface area contributed by atoms with Crippen LogP contribution in [0.5, 0.6) is 0 Å². The first-order valence-electron chi connectivity index (χ1n) is 3.33. The number of allylic oxidation sites excluding steroid dienone is 5. The molecule has 4 nitrogen and oxygen atoms in total. The topological polar surface area (TPSA) is 73.5 Å². The maximum Gasteiger partial charge on any atom is -0.423 e. The second kappa shape index (κ2) is 14.2. The van der Waals surface area contributed by atoms with Crippen LogP contribution in [-0.2, 0) is 27.2 Å². The first kappa shape index (κ1) is 15.2. The molecule has 0 aliphatic heterocycles. The molecule has 0 atom stereocenters. The molecule has 0 amide bonds. The van der Waals surface area contributed by atoms with E-state index in [2.05, 4.69) is 18.7 Å². The maximum absolute atomic E-state index is 9.09. The summed E-state index contributed by atoms with van der Waals surface area (Å²) in [4.78, 5) is 25.4. The Morgan fingerprint density at radius 2 is 2.07 bits per heavy atom. The van der Waals surface area contributed by atoms with Gasteiger partial charge in [0.25, 0.3) is 0 Å². The number of nitrogens with zero attached hydrogens (tertiary/aromatic N) is 1. The van der Waals surface area contributed by atoms with Crippen molar-refractivity contribution in [2.45, 2.75) is 6.42 Å². The number of nitroso groups, excluding NO2 is 1. The van der Waals surface area contributed by atoms with E-state index in [0.29, 0.717) is 0 Å². The van der Waals surface area contributed by atoms with E-state index in [-0.39, 0.29) is 0 Å². The molecule has 1 aliphatic carbocycles. The van der Waals surface area contributed by atoms with Crippen LogP contribution < -0.4 is 0 Å². The van der Waals surface area contributed by atoms with Crippen LogP contribution in [0.2, 0.25) is 0 Å². The monoisotopic (exact) mass is 361 g/mol. The third-order valence-electron chi connectivity index (χ3n) is 1.02. The average molecular weight is 361 g/mol. The third-order valence-corrected chi connectivity index (χ3v) is 1.62. The molecule has 0 fully saturated rings. The zero-order valence-electron chi connectivity index (χ0n) is 7.23. The summed E-state index contributed by atoms with van der Waals surface area (Å²) in [6.45, 7) is 3.59. The fourth-order valence-corrected chi connectivity index (χ4v) is 0.701. The molecule has 14 heavy (non-hydrogen) atoms. The summed E-state index contributed by atoms with van der Waals surface area (Å²) < 4.78 is 3.02. The van der Waals surface area contributed by atoms with Crippen LogP contribution in [0.1, 0.15) is 6.42 Å². The molecule has 1 rings (SSSR count). The van der Waals surface area contributed by atoms with Crippen LogP contribution in [0.4, 0.5) is 0 Å². The Morgan fingerprint density at radius 3 is 2.21 bits per heavy atom. The van der Waals surface area contributed by atoms with E-state index in [0.717, 1.165) is 12.0 Å². The second-order valence-corrected chi connectivity index (χ2v) is 3.64. The predicted octanol–water partition coefficient (Wildman–Crippen LogP) is 1.39. The Bertz CT molecular complexity index is 318. The van der Waals surface area contributed by atoms with Crippen LogP contribution in [-0.4, -0.2) is 8.53 Å². The zero-order valence-corrected chi connectivity index (χ0v) is 10.2. The van der Waals surface area contributed by atoms with Crippen molar-refractivity contribution in [2.75, 3.05) is 0 Å². The molecule has 0 bridgehead atoms. The van der Waals surface area contributed by atoms with Crippen LogP contribution in [0.3, 0.4) is 0 Å². The zero-order chi connectivity index (χ0) is 11.2. The van der Waals surface area contributed by atoms with Gasteiger partial charge >= 0.3 is 35.8 Å². The van der Waals surface area contributed by atoms with Crippen LogP contribution in [0.25, 0.3) is 5.59 Å². The van der Waals surface area contributed by atoms with E-state index in [4.69, 9.17) is 20.1 Å². The van der Waals surface area contributed by atoms with E-state index < -0.39 is 17.6 Å². The SMILES string of the molecule is C=CC1=[C-]CC=C1.O=[C]=[W]=[C]=O.[N-]=O. The first-order valence-corrected chi connectivity index (χ1v) is 6.26. The van der Waals surface area contributed by atoms with Crippen molar-refractivity contribution in [3.05, 3.63) is 47.0 Å². The van der Waals surface area contributed by atoms with Crippen LogP contribution in [0, 0.1) is 11.0 Å². The molecule has 0 aromatic rings. The molecule has 1 aliphatic rings. The summed E-state index contributed by atoms with van der Waals surface area (Å²) in [5.74, 6) is 0. The van der Waals surface area contributed by atoms with Crippen LogP contribution in [0.15, 0.2) is 30.4 Å². The van der Waals surface area contributed by atoms with Gasteiger partial charge in [0.1, 0.15) is 0 Å². The Morgan fingerprint density at radius 1 is 1.50 bits per heavy atom. The second-order valence-electron chi connectivity index (χ2n) is 1.71. The minimum Gasteiger partial charge on any atom is -0.577 e. The molecule has 0 unspecified atom stereocenters. The van der Waals surface area contributed by atoms with Crippen molar-refractivity contribution in [1.82, 2.24) is 0 Å². The molecule has 0 aromatic heterocycles. The Hall–Kier alpha value is -1.33. The molecular weight excluding hydrogens is 354 g/mol. The minimum absolute atomic E-state index is 0.960. The van der Waals surface area contributed by atoms with Gasteiger partial charge in [0.15, 0.2) is 0 Å². The summed E-state index contributed by atoms with van der Waals surface area (Å²) >= 11 is -1.37. The number of hydrogen-bond donors (Lipinski definition) is 0. The van der Waals surface area contributed by atoms with Gasteiger partial charge in [0.2, 0.25) is 0 Å². The Balaban J connectivity index is 0. The van der Waals surface area contributed by atoms with Crippen molar-refractivity contribution in [3.8, 4) is 0 Å². The predicted molar refractivity (Wildman–Crippen MR) is 48.8 cm³/mol. The number of rotatable bonds is 1. The van der Waals surface area contributed by atoms with Crippen LogP contribution >= 0.6 is 0 Å². The molecular formula is C9H7NO3W-2. The van der Waals surface area contributed by atoms with E-state index in [1.807, 2.05) is 12.2 Å². The van der Waals surface area contributed by atoms with Crippen molar-refractivity contribution < 1.29 is 27.2 Å². The molecule has 0 radical (unpaired) electrons. The third kappa shape index (κ3) is 10.7. The molecule has 0 heterocycles. The van der Waals surface area contributed by atoms with Gasteiger partial charge in [-0.1, -0.05) is 6.42 Å². The van der Waals surface area contributed by atoms with Gasteiger partial charge < -0.3 is 10.5 Å². The van der Waals surface area contributed by atoms with Gasteiger partial charge in [-0.15, -0.1) is 6.08 Å². The van der Waals surface area contributed by atoms with Gasteiger partial charge in [0, 0.05) is 0 Å². The molecule has 0 spiro atoms. The van der Waals surface area contributed by atoms with E-state index in [9.17, 15) is 0 Å². The van der Waals surface area contributed by atoms with Gasteiger partial charge in [-0.2, -0.15) is 30.4 Å². The summed E-state index contributed by atoms with van der Waals surface area (Å²) in [7, 11) is 0. The molecule has 5 heteroatoms. The average Bonchev–Trinajstić information content (AvgIpc) is 2.75. The molecule has 74 valence electrons. The standard InChI is InChI=1S/C7H7.2CO.NO.W/c1-2-7-5-3-4-6-7;3*1-2;/h2-3,5H,1,4H2;;;;/q-1;;;-1;. The summed E-state index contributed by atoms with van der Waals surface area (Å²) in [5, 5.41) is 0. The van der Waals surface area contributed by atoms with Crippen molar-refractivity contribution in [1.29, 1.82) is 0 Å². The van der Waals surface area contributed by atoms with Gasteiger partial charge in [-0.25, -0.2) is 0 Å². The summed E-state index contributed by atoms with van der Waals surface area (Å²) in [6.07, 6.45) is 9.95. The molecule has 0 saturated heterocycles. The Labute approximate surface area is 89.3 Å². The quantitative estimate of drug-likeness (QED) is 0.663. The summed E-state index contributed by atoms with van der Waals surface area (Å²) in [6, 6.07) is 0. The molecule has 0 N–H and O–H groups in total. The van der Waals surface area contributed by atoms with Crippen molar-refractivity contribution >= 4 is 8.53 Å². The fourth-order valence-electron chi connectivity index (χ4n) is 0.579. The fraction of sp³-hybridized carbons (Fsp3) is 0.111. The smallest absolute Gasteiger partial charge is 0.423 e. The molecule has 0 aromatic carbocycles. The normalized spacial score (nSPS) is 10.1. The molecule has 0 saturated carbocycles. The van der Waals surface area contributed by atoms with Gasteiger partial charge in [-0.05, 0) is 0 Å². The number of carbonyl (C=O) groups excluding carboxylic acids is 2. The number of hydrogen-bond acceptors (Lipinski definition) is 3. The van der Waals surface area contributed by atoms with E-state index >= 15 is 0 Å². The largest absolute Gasteiger partial charge is 0.577 e. The van der Waals surface area contributed by atoms with Crippen molar-refractivity contribution in [2.24, 2.45) is 0 Å². The summed E-state index contributed by atoms with van der Waals surface area (Å²) in [5.41, 5.74) is 6.88. The van der Waals surface area contributed by atoms with Crippen molar-refractivity contribution in [3.63, 3.8) is 0 Å². The van der Waals surface area contributed by atoms with Gasteiger partial charge in [-0.3, -0.25) is 0 Å². The first-order chi connectivity index (χ1) is 6.85. The van der Waals surface area contributed by atoms with E-state index in [1.54, 1.807) is 0 Å². The minimum atomic E-state index is -1.37. The van der Waals surface area contributed by atoms with E-state index in [1.165, 1.54) is 8.53 Å². The Kier molecular flexibility index (Phi) is 15.4.